The van der Waals surface area contributed by atoms with E-state index in [0.29, 0.717) is 11.7 Å². The van der Waals surface area contributed by atoms with Gasteiger partial charge < -0.3 is 9.15 Å². The number of nitrogens with zero attached hydrogens (tertiary/aromatic N) is 1. The Morgan fingerprint density at radius 1 is 1.39 bits per heavy atom. The topological polar surface area (TPSA) is 82.6 Å². The maximum atomic E-state index is 11.7. The van der Waals surface area contributed by atoms with Crippen molar-refractivity contribution in [3.63, 3.8) is 0 Å². The third-order valence-electron chi connectivity index (χ3n) is 3.78. The summed E-state index contributed by atoms with van der Waals surface area (Å²) in [6.07, 6.45) is 1.53. The Kier molecular flexibility index (Phi) is 5.36. The molecule has 0 bridgehead atoms. The first kappa shape index (κ1) is 17.0. The number of esters is 1. The fraction of sp³-hybridized carbons (Fsp3) is 0.471. The molecule has 1 atom stereocenters. The summed E-state index contributed by atoms with van der Waals surface area (Å²) >= 11 is 0. The van der Waals surface area contributed by atoms with Crippen LogP contribution in [-0.4, -0.2) is 24.0 Å². The van der Waals surface area contributed by atoms with Crippen LogP contribution >= 0.6 is 0 Å². The molecule has 23 heavy (non-hydrogen) atoms. The van der Waals surface area contributed by atoms with Crippen LogP contribution in [0.2, 0.25) is 0 Å². The molecular formula is C17H21NO5. The first-order chi connectivity index (χ1) is 10.9. The number of furan rings is 1. The van der Waals surface area contributed by atoms with Gasteiger partial charge in [-0.15, -0.1) is 0 Å². The van der Waals surface area contributed by atoms with Crippen LogP contribution in [0, 0.1) is 10.1 Å². The molecule has 1 heterocycles. The predicted octanol–water partition coefficient (Wildman–Crippen LogP) is 3.87. The zero-order valence-electron chi connectivity index (χ0n) is 13.6. The summed E-state index contributed by atoms with van der Waals surface area (Å²) in [6, 6.07) is 5.90. The summed E-state index contributed by atoms with van der Waals surface area (Å²) in [7, 11) is 0. The first-order valence-electron chi connectivity index (χ1n) is 7.70. The smallest absolute Gasteiger partial charge is 0.306 e. The molecule has 2 rings (SSSR count). The Morgan fingerprint density at radius 2 is 2.13 bits per heavy atom. The molecule has 0 spiro atoms. The number of rotatable bonds is 7. The van der Waals surface area contributed by atoms with E-state index in [0.717, 1.165) is 10.8 Å². The van der Waals surface area contributed by atoms with Crippen molar-refractivity contribution < 1.29 is 18.9 Å². The van der Waals surface area contributed by atoms with Crippen molar-refractivity contribution in [1.82, 2.24) is 0 Å². The van der Waals surface area contributed by atoms with Crippen LogP contribution in [0.3, 0.4) is 0 Å². The maximum Gasteiger partial charge on any atom is 0.306 e. The Morgan fingerprint density at radius 3 is 2.74 bits per heavy atom. The van der Waals surface area contributed by atoms with Gasteiger partial charge in [-0.05, 0) is 24.5 Å². The van der Waals surface area contributed by atoms with E-state index >= 15 is 0 Å². The summed E-state index contributed by atoms with van der Waals surface area (Å²) in [5.74, 6) is -0.235. The van der Waals surface area contributed by atoms with Gasteiger partial charge in [0.15, 0.2) is 0 Å². The third kappa shape index (κ3) is 4.09. The molecule has 0 saturated carbocycles. The van der Waals surface area contributed by atoms with Crippen LogP contribution in [0.5, 0.6) is 0 Å². The zero-order valence-corrected chi connectivity index (χ0v) is 13.6. The highest BCUT2D eigenvalue weighted by Crippen LogP contribution is 2.32. The molecule has 0 N–H and O–H groups in total. The van der Waals surface area contributed by atoms with Gasteiger partial charge in [-0.1, -0.05) is 26.0 Å². The van der Waals surface area contributed by atoms with E-state index in [1.165, 1.54) is 5.56 Å². The van der Waals surface area contributed by atoms with Crippen LogP contribution < -0.4 is 0 Å². The number of nitro groups is 1. The van der Waals surface area contributed by atoms with Gasteiger partial charge in [0.2, 0.25) is 6.54 Å². The molecular weight excluding hydrogens is 298 g/mol. The normalized spacial score (nSPS) is 12.5. The fourth-order valence-corrected chi connectivity index (χ4v) is 2.61. The van der Waals surface area contributed by atoms with Gasteiger partial charge in [0.05, 0.1) is 25.2 Å². The molecule has 6 nitrogen and oxygen atoms in total. The highest BCUT2D eigenvalue weighted by Gasteiger charge is 2.27. The first-order valence-corrected chi connectivity index (χ1v) is 7.70. The van der Waals surface area contributed by atoms with Crippen molar-refractivity contribution in [2.75, 3.05) is 13.2 Å². The van der Waals surface area contributed by atoms with Crippen molar-refractivity contribution in [2.45, 2.75) is 39.0 Å². The standard InChI is InChI=1S/C17H21NO5/c1-4-22-16(19)8-13(9-18(20)21)17-15-6-5-12(11(2)3)7-14(15)10-23-17/h5-7,10-11,13H,4,8-9H2,1-3H3. The van der Waals surface area contributed by atoms with Crippen LogP contribution in [0.1, 0.15) is 50.4 Å². The van der Waals surface area contributed by atoms with E-state index in [1.54, 1.807) is 13.2 Å². The second-order valence-corrected chi connectivity index (χ2v) is 5.82. The number of fused-ring (bicyclic) bond motifs is 1. The molecule has 1 aromatic carbocycles. The van der Waals surface area contributed by atoms with E-state index in [-0.39, 0.29) is 19.6 Å². The second kappa shape index (κ2) is 7.26. The molecule has 124 valence electrons. The fourth-order valence-electron chi connectivity index (χ4n) is 2.61. The lowest BCUT2D eigenvalue weighted by molar-refractivity contribution is -0.483. The highest BCUT2D eigenvalue weighted by molar-refractivity contribution is 5.86. The molecule has 0 aliphatic heterocycles. The van der Waals surface area contributed by atoms with Gasteiger partial charge in [0, 0.05) is 15.7 Å². The van der Waals surface area contributed by atoms with Crippen LogP contribution in [0.4, 0.5) is 0 Å². The number of carbonyl (C=O) groups excluding carboxylic acids is 1. The Hall–Kier alpha value is -2.37. The molecule has 0 aliphatic carbocycles. The van der Waals surface area contributed by atoms with Gasteiger partial charge >= 0.3 is 5.97 Å². The van der Waals surface area contributed by atoms with Gasteiger partial charge in [0.25, 0.3) is 0 Å². The van der Waals surface area contributed by atoms with Gasteiger partial charge in [-0.25, -0.2) is 0 Å². The number of ether oxygens (including phenoxy) is 1. The zero-order chi connectivity index (χ0) is 17.0. The molecule has 0 amide bonds. The lowest BCUT2D eigenvalue weighted by atomic mass is 9.96. The van der Waals surface area contributed by atoms with Gasteiger partial charge in [0.1, 0.15) is 5.76 Å². The maximum absolute atomic E-state index is 11.7. The number of hydrogen-bond acceptors (Lipinski definition) is 5. The molecule has 0 fully saturated rings. The van der Waals surface area contributed by atoms with E-state index in [2.05, 4.69) is 13.8 Å². The van der Waals surface area contributed by atoms with Crippen LogP contribution in [0.25, 0.3) is 10.8 Å². The van der Waals surface area contributed by atoms with Gasteiger partial charge in [-0.2, -0.15) is 0 Å². The van der Waals surface area contributed by atoms with E-state index < -0.39 is 16.8 Å². The average Bonchev–Trinajstić information content (AvgIpc) is 2.89. The Balaban J connectivity index is 2.35. The lowest BCUT2D eigenvalue weighted by Gasteiger charge is -2.11. The van der Waals surface area contributed by atoms with Crippen molar-refractivity contribution in [3.8, 4) is 0 Å². The van der Waals surface area contributed by atoms with E-state index in [4.69, 9.17) is 9.15 Å². The monoisotopic (exact) mass is 319 g/mol. The van der Waals surface area contributed by atoms with Crippen molar-refractivity contribution in [2.24, 2.45) is 0 Å². The Bertz CT molecular complexity index is 704. The van der Waals surface area contributed by atoms with Crippen molar-refractivity contribution in [1.29, 1.82) is 0 Å². The van der Waals surface area contributed by atoms with Crippen molar-refractivity contribution in [3.05, 3.63) is 45.9 Å². The highest BCUT2D eigenvalue weighted by atomic mass is 16.6. The quantitative estimate of drug-likeness (QED) is 0.439. The summed E-state index contributed by atoms with van der Waals surface area (Å²) in [4.78, 5) is 22.2. The molecule has 1 aromatic heterocycles. The second-order valence-electron chi connectivity index (χ2n) is 5.82. The van der Waals surface area contributed by atoms with Crippen LogP contribution in [-0.2, 0) is 9.53 Å². The lowest BCUT2D eigenvalue weighted by Crippen LogP contribution is -2.17. The number of carbonyl (C=O) groups is 1. The molecule has 0 radical (unpaired) electrons. The van der Waals surface area contributed by atoms with Crippen molar-refractivity contribution >= 4 is 16.7 Å². The molecule has 1 unspecified atom stereocenters. The third-order valence-corrected chi connectivity index (χ3v) is 3.78. The minimum absolute atomic E-state index is 0.0661. The molecule has 2 aromatic rings. The van der Waals surface area contributed by atoms with Crippen LogP contribution in [0.15, 0.2) is 28.9 Å². The summed E-state index contributed by atoms with van der Waals surface area (Å²) in [5, 5.41) is 12.6. The predicted molar refractivity (Wildman–Crippen MR) is 86.2 cm³/mol. The summed E-state index contributed by atoms with van der Waals surface area (Å²) in [6.45, 7) is 5.78. The SMILES string of the molecule is CCOC(=O)CC(C[N+](=O)[O-])c1occ2cc(C(C)C)ccc12. The molecule has 6 heteroatoms. The summed E-state index contributed by atoms with van der Waals surface area (Å²) < 4.78 is 10.5. The average molecular weight is 319 g/mol. The number of hydrogen-bond donors (Lipinski definition) is 0. The van der Waals surface area contributed by atoms with Gasteiger partial charge in [-0.3, -0.25) is 14.9 Å². The Labute approximate surface area is 134 Å². The molecule has 0 aliphatic rings. The van der Waals surface area contributed by atoms with E-state index in [9.17, 15) is 14.9 Å². The van der Waals surface area contributed by atoms with E-state index in [1.807, 2.05) is 18.2 Å². The minimum atomic E-state index is -0.633. The largest absolute Gasteiger partial charge is 0.467 e. The summed E-state index contributed by atoms with van der Waals surface area (Å²) in [5.41, 5.74) is 1.17. The molecule has 0 saturated heterocycles. The minimum Gasteiger partial charge on any atom is -0.467 e. The number of benzene rings is 1.